The van der Waals surface area contributed by atoms with Crippen molar-refractivity contribution < 1.29 is 4.42 Å². The highest BCUT2D eigenvalue weighted by Crippen LogP contribution is 2.50. The fraction of sp³-hybridized carbons (Fsp3) is 0.143. The van der Waals surface area contributed by atoms with Gasteiger partial charge in [0.05, 0.1) is 0 Å². The molecule has 0 aliphatic carbocycles. The summed E-state index contributed by atoms with van der Waals surface area (Å²) in [6, 6.07) is 95.6. The molecular formula is C84H72BN3O. The molecule has 4 nitrogen and oxygen atoms in total. The van der Waals surface area contributed by atoms with Crippen LogP contribution in [0.5, 0.6) is 0 Å². The number of furan rings is 1. The molecule has 5 heteroatoms. The highest BCUT2D eigenvalue weighted by molar-refractivity contribution is 7.00. The summed E-state index contributed by atoms with van der Waals surface area (Å²) in [6.45, 7) is 22.6. The first-order chi connectivity index (χ1) is 43.1. The smallest absolute Gasteiger partial charge is 0.252 e. The first-order valence-corrected chi connectivity index (χ1v) is 31.4. The van der Waals surface area contributed by atoms with E-state index in [2.05, 4.69) is 333 Å². The van der Waals surface area contributed by atoms with Gasteiger partial charge in [0.15, 0.2) is 0 Å². The lowest BCUT2D eigenvalue weighted by Gasteiger charge is -2.45. The first kappa shape index (κ1) is 55.5. The average Bonchev–Trinajstić information content (AvgIpc) is 1.17. The summed E-state index contributed by atoms with van der Waals surface area (Å²) < 4.78 is 6.68. The van der Waals surface area contributed by atoms with Crippen LogP contribution in [0.2, 0.25) is 0 Å². The largest absolute Gasteiger partial charge is 0.455 e. The molecule has 2 aliphatic heterocycles. The van der Waals surface area contributed by atoms with E-state index in [9.17, 15) is 0 Å². The molecule has 432 valence electrons. The maximum Gasteiger partial charge on any atom is 0.252 e. The Morgan fingerprint density at radius 1 is 0.348 bits per heavy atom. The van der Waals surface area contributed by atoms with Crippen LogP contribution in [-0.4, -0.2) is 6.71 Å². The average molecular weight is 1150 g/mol. The molecule has 89 heavy (non-hydrogen) atoms. The summed E-state index contributed by atoms with van der Waals surface area (Å²) in [5, 5.41) is 2.24. The van der Waals surface area contributed by atoms with Gasteiger partial charge in [-0.2, -0.15) is 0 Å². The van der Waals surface area contributed by atoms with Crippen LogP contribution in [0.15, 0.2) is 259 Å². The molecule has 13 aromatic rings. The molecule has 0 amide bonds. The minimum absolute atomic E-state index is 0.00288. The molecule has 12 aromatic carbocycles. The molecule has 1 aromatic heterocycles. The number of nitrogens with zero attached hydrogens (tertiary/aromatic N) is 3. The Morgan fingerprint density at radius 2 is 0.787 bits per heavy atom. The van der Waals surface area contributed by atoms with Crippen molar-refractivity contribution in [2.45, 2.75) is 80.1 Å². The Morgan fingerprint density at radius 3 is 1.35 bits per heavy atom. The lowest BCUT2D eigenvalue weighted by Crippen LogP contribution is -2.61. The number of para-hydroxylation sites is 2. The third-order valence-electron chi connectivity index (χ3n) is 18.9. The fourth-order valence-electron chi connectivity index (χ4n) is 14.4. The van der Waals surface area contributed by atoms with Crippen LogP contribution in [0, 0.1) is 27.7 Å². The van der Waals surface area contributed by atoms with E-state index in [1.807, 2.05) is 6.07 Å². The van der Waals surface area contributed by atoms with Crippen molar-refractivity contribution in [3.05, 3.63) is 288 Å². The Hall–Kier alpha value is -10.1. The van der Waals surface area contributed by atoms with Crippen LogP contribution in [-0.2, 0) is 10.8 Å². The minimum Gasteiger partial charge on any atom is -0.455 e. The van der Waals surface area contributed by atoms with Crippen LogP contribution >= 0.6 is 0 Å². The van der Waals surface area contributed by atoms with Gasteiger partial charge >= 0.3 is 0 Å². The van der Waals surface area contributed by atoms with Crippen LogP contribution in [0.3, 0.4) is 0 Å². The normalized spacial score (nSPS) is 12.8. The molecule has 0 N–H and O–H groups in total. The van der Waals surface area contributed by atoms with E-state index in [1.165, 1.54) is 88.8 Å². The zero-order valence-electron chi connectivity index (χ0n) is 52.6. The molecule has 0 unspecified atom stereocenters. The number of fused-ring (bicyclic) bond motifs is 7. The van der Waals surface area contributed by atoms with Crippen LogP contribution in [0.4, 0.5) is 51.2 Å². The van der Waals surface area contributed by atoms with Gasteiger partial charge in [0.1, 0.15) is 11.2 Å². The van der Waals surface area contributed by atoms with Gasteiger partial charge in [-0.3, -0.25) is 0 Å². The van der Waals surface area contributed by atoms with Crippen molar-refractivity contribution in [1.82, 2.24) is 0 Å². The Balaban J connectivity index is 1.01. The van der Waals surface area contributed by atoms with Gasteiger partial charge < -0.3 is 19.1 Å². The molecule has 2 aliphatic rings. The van der Waals surface area contributed by atoms with E-state index in [-0.39, 0.29) is 17.5 Å². The van der Waals surface area contributed by atoms with Crippen molar-refractivity contribution in [1.29, 1.82) is 0 Å². The molecule has 0 fully saturated rings. The first-order valence-electron chi connectivity index (χ1n) is 31.4. The molecule has 15 rings (SSSR count). The standard InChI is InChI=1S/C84H72BN3O/c1-53-19-16-20-54(2)79(53)60-33-47-72-74(49-60)87(66-38-29-58(30-39-66)57-23-12-11-13-24-57)76-50-61(80-55(3)21-17-22-56(80)4)51-77-81(76)85(72)73-48-46-68(86(64-42-34-62(35-43-64)83(5,6)7)65-44-36-63(37-45-65)84(8,9)10)52-75(73)88(77)67-40-31-59(32-41-67)69-26-18-27-71-70-25-14-15-28-78(70)89-82(69)71/h11-52H,1-10H3. The topological polar surface area (TPSA) is 22.9 Å². The predicted molar refractivity (Wildman–Crippen MR) is 381 cm³/mol. The van der Waals surface area contributed by atoms with Crippen molar-refractivity contribution >= 4 is 96.2 Å². The van der Waals surface area contributed by atoms with Gasteiger partial charge in [-0.25, -0.2) is 0 Å². The van der Waals surface area contributed by atoms with E-state index < -0.39 is 0 Å². The summed E-state index contributed by atoms with van der Waals surface area (Å²) in [5.74, 6) is 0. The molecular weight excluding hydrogens is 1080 g/mol. The van der Waals surface area contributed by atoms with Gasteiger partial charge in [-0.1, -0.05) is 211 Å². The van der Waals surface area contributed by atoms with Crippen molar-refractivity contribution in [2.75, 3.05) is 14.7 Å². The highest BCUT2D eigenvalue weighted by Gasteiger charge is 2.44. The van der Waals surface area contributed by atoms with Crippen molar-refractivity contribution in [3.8, 4) is 44.5 Å². The maximum absolute atomic E-state index is 6.68. The van der Waals surface area contributed by atoms with E-state index in [1.54, 1.807) is 0 Å². The minimum atomic E-state index is -0.135. The molecule has 0 saturated heterocycles. The zero-order chi connectivity index (χ0) is 61.0. The Labute approximate surface area is 525 Å². The summed E-state index contributed by atoms with van der Waals surface area (Å²) in [7, 11) is 0. The fourth-order valence-corrected chi connectivity index (χ4v) is 14.4. The number of anilines is 9. The summed E-state index contributed by atoms with van der Waals surface area (Å²) in [6.07, 6.45) is 0. The SMILES string of the molecule is Cc1cccc(C)c1-c1ccc2c(c1)N(c1ccc(-c3ccccc3)cc1)c1cc(-c3c(C)cccc3C)cc3c1B2c1ccc(N(c2ccc(C(C)(C)C)cc2)c2ccc(C(C)(C)C)cc2)cc1N3c1ccc(-c2cccc3c2oc2ccccc23)cc1. The second kappa shape index (κ2) is 21.4. The number of hydrogen-bond donors (Lipinski definition) is 0. The van der Waals surface area contributed by atoms with Gasteiger partial charge in [0, 0.05) is 67.5 Å². The predicted octanol–water partition coefficient (Wildman–Crippen LogP) is 21.6. The summed E-state index contributed by atoms with van der Waals surface area (Å²) in [4.78, 5) is 7.61. The number of hydrogen-bond acceptors (Lipinski definition) is 4. The van der Waals surface area contributed by atoms with E-state index in [0.29, 0.717) is 0 Å². The summed E-state index contributed by atoms with van der Waals surface area (Å²) >= 11 is 0. The lowest BCUT2D eigenvalue weighted by atomic mass is 9.33. The second-order valence-corrected chi connectivity index (χ2v) is 26.8. The van der Waals surface area contributed by atoms with Crippen molar-refractivity contribution in [2.24, 2.45) is 0 Å². The highest BCUT2D eigenvalue weighted by atomic mass is 16.3. The lowest BCUT2D eigenvalue weighted by molar-refractivity contribution is 0.590. The van der Waals surface area contributed by atoms with Crippen LogP contribution in [0.25, 0.3) is 66.4 Å². The second-order valence-electron chi connectivity index (χ2n) is 26.8. The van der Waals surface area contributed by atoms with E-state index >= 15 is 0 Å². The number of aryl methyl sites for hydroxylation is 4. The van der Waals surface area contributed by atoms with Gasteiger partial charge in [0.2, 0.25) is 0 Å². The third kappa shape index (κ3) is 9.54. The monoisotopic (exact) mass is 1150 g/mol. The molecule has 0 spiro atoms. The Bertz CT molecular complexity index is 4790. The molecule has 0 bridgehead atoms. The zero-order valence-corrected chi connectivity index (χ0v) is 52.6. The van der Waals surface area contributed by atoms with Gasteiger partial charge in [0.25, 0.3) is 6.71 Å². The van der Waals surface area contributed by atoms with E-state index in [4.69, 9.17) is 4.42 Å². The number of benzene rings is 12. The Kier molecular flexibility index (Phi) is 13.3. The van der Waals surface area contributed by atoms with Gasteiger partial charge in [-0.15, -0.1) is 0 Å². The van der Waals surface area contributed by atoms with Crippen LogP contribution in [0.1, 0.15) is 74.9 Å². The van der Waals surface area contributed by atoms with E-state index in [0.717, 1.165) is 78.6 Å². The maximum atomic E-state index is 6.68. The molecule has 0 atom stereocenters. The van der Waals surface area contributed by atoms with Crippen LogP contribution < -0.4 is 31.1 Å². The molecule has 0 radical (unpaired) electrons. The summed E-state index contributed by atoms with van der Waals surface area (Å²) in [5.41, 5.74) is 32.6. The number of rotatable bonds is 9. The molecule has 0 saturated carbocycles. The molecule has 3 heterocycles. The van der Waals surface area contributed by atoms with Crippen molar-refractivity contribution in [3.63, 3.8) is 0 Å². The quantitative estimate of drug-likeness (QED) is 0.134. The third-order valence-corrected chi connectivity index (χ3v) is 18.9. The van der Waals surface area contributed by atoms with Gasteiger partial charge in [-0.05, 0) is 212 Å².